The van der Waals surface area contributed by atoms with Crippen LogP contribution in [-0.2, 0) is 4.74 Å². The molecule has 0 unspecified atom stereocenters. The van der Waals surface area contributed by atoms with Crippen LogP contribution in [0.5, 0.6) is 0 Å². The lowest BCUT2D eigenvalue weighted by atomic mass is 10.1. The first-order valence-corrected chi connectivity index (χ1v) is 6.82. The lowest BCUT2D eigenvalue weighted by molar-refractivity contribution is 0.0774. The van der Waals surface area contributed by atoms with E-state index in [-0.39, 0.29) is 0 Å². The van der Waals surface area contributed by atoms with E-state index in [1.807, 2.05) is 0 Å². The molecule has 0 aromatic carbocycles. The van der Waals surface area contributed by atoms with Crippen LogP contribution in [0, 0.1) is 0 Å². The average Bonchev–Trinajstić information content (AvgIpc) is 2.31. The van der Waals surface area contributed by atoms with Crippen molar-refractivity contribution in [3.05, 3.63) is 0 Å². The van der Waals surface area contributed by atoms with Gasteiger partial charge in [-0.3, -0.25) is 0 Å². The molecule has 0 saturated carbocycles. The predicted molar refractivity (Wildman–Crippen MR) is 68.9 cm³/mol. The highest BCUT2D eigenvalue weighted by atomic mass is 16.5. The molecule has 3 nitrogen and oxygen atoms in total. The van der Waals surface area contributed by atoms with E-state index in [4.69, 9.17) is 4.74 Å². The van der Waals surface area contributed by atoms with Crippen molar-refractivity contribution in [1.29, 1.82) is 0 Å². The van der Waals surface area contributed by atoms with Crippen molar-refractivity contribution in [2.75, 3.05) is 39.9 Å². The number of hydrogen-bond donors (Lipinski definition) is 1. The second-order valence-electron chi connectivity index (χ2n) is 4.85. The zero-order valence-corrected chi connectivity index (χ0v) is 11.0. The van der Waals surface area contributed by atoms with E-state index < -0.39 is 0 Å². The summed E-state index contributed by atoms with van der Waals surface area (Å²) in [5.41, 5.74) is 0. The quantitative estimate of drug-likeness (QED) is 0.642. The van der Waals surface area contributed by atoms with E-state index in [1.54, 1.807) is 0 Å². The number of nitrogens with one attached hydrogen (secondary N) is 1. The standard InChI is InChI=1S/C13H28N2O/c1-3-4-5-9-15(2)10-8-14-13-6-11-16-12-7-13/h13-14H,3-12H2,1-2H3. The Balaban J connectivity index is 1.92. The van der Waals surface area contributed by atoms with E-state index >= 15 is 0 Å². The van der Waals surface area contributed by atoms with Crippen molar-refractivity contribution in [3.63, 3.8) is 0 Å². The van der Waals surface area contributed by atoms with E-state index in [2.05, 4.69) is 24.2 Å². The van der Waals surface area contributed by atoms with Gasteiger partial charge in [-0.2, -0.15) is 0 Å². The molecule has 1 saturated heterocycles. The number of unbranched alkanes of at least 4 members (excludes halogenated alkanes) is 2. The van der Waals surface area contributed by atoms with Crippen LogP contribution in [-0.4, -0.2) is 50.8 Å². The Morgan fingerprint density at radius 1 is 1.19 bits per heavy atom. The molecule has 0 amide bonds. The predicted octanol–water partition coefficient (Wildman–Crippen LogP) is 1.88. The van der Waals surface area contributed by atoms with Crippen molar-refractivity contribution in [2.45, 2.75) is 45.1 Å². The van der Waals surface area contributed by atoms with Crippen LogP contribution in [0.2, 0.25) is 0 Å². The van der Waals surface area contributed by atoms with Crippen molar-refractivity contribution in [1.82, 2.24) is 10.2 Å². The smallest absolute Gasteiger partial charge is 0.0480 e. The Hall–Kier alpha value is -0.120. The lowest BCUT2D eigenvalue weighted by Gasteiger charge is -2.24. The van der Waals surface area contributed by atoms with Gasteiger partial charge in [0.15, 0.2) is 0 Å². The molecule has 0 radical (unpaired) electrons. The van der Waals surface area contributed by atoms with E-state index in [9.17, 15) is 0 Å². The number of ether oxygens (including phenoxy) is 1. The van der Waals surface area contributed by atoms with Crippen LogP contribution in [0.25, 0.3) is 0 Å². The van der Waals surface area contributed by atoms with Gasteiger partial charge in [0.1, 0.15) is 0 Å². The van der Waals surface area contributed by atoms with Crippen LogP contribution in [0.3, 0.4) is 0 Å². The Kier molecular flexibility index (Phi) is 7.81. The summed E-state index contributed by atoms with van der Waals surface area (Å²) in [5, 5.41) is 3.62. The molecule has 1 fully saturated rings. The minimum absolute atomic E-state index is 0.692. The molecule has 0 aromatic rings. The van der Waals surface area contributed by atoms with Crippen molar-refractivity contribution >= 4 is 0 Å². The zero-order chi connectivity index (χ0) is 11.6. The Morgan fingerprint density at radius 3 is 2.62 bits per heavy atom. The second kappa shape index (κ2) is 8.97. The summed E-state index contributed by atoms with van der Waals surface area (Å²) in [4.78, 5) is 2.43. The first-order valence-electron chi connectivity index (χ1n) is 6.82. The van der Waals surface area contributed by atoms with Gasteiger partial charge in [-0.1, -0.05) is 19.8 Å². The number of likely N-dealkylation sites (N-methyl/N-ethyl adjacent to an activating group) is 1. The summed E-state index contributed by atoms with van der Waals surface area (Å²) < 4.78 is 5.34. The maximum atomic E-state index is 5.34. The van der Waals surface area contributed by atoms with Gasteiger partial charge in [0.05, 0.1) is 0 Å². The fourth-order valence-corrected chi connectivity index (χ4v) is 2.10. The van der Waals surface area contributed by atoms with Crippen LogP contribution < -0.4 is 5.32 Å². The van der Waals surface area contributed by atoms with E-state index in [0.717, 1.165) is 19.8 Å². The molecular formula is C13H28N2O. The third kappa shape index (κ3) is 6.46. The van der Waals surface area contributed by atoms with Crippen LogP contribution in [0.4, 0.5) is 0 Å². The maximum Gasteiger partial charge on any atom is 0.0480 e. The number of hydrogen-bond acceptors (Lipinski definition) is 3. The lowest BCUT2D eigenvalue weighted by Crippen LogP contribution is -2.39. The fourth-order valence-electron chi connectivity index (χ4n) is 2.10. The highest BCUT2D eigenvalue weighted by Gasteiger charge is 2.12. The molecule has 3 heteroatoms. The van der Waals surface area contributed by atoms with Crippen molar-refractivity contribution in [3.8, 4) is 0 Å². The molecule has 0 atom stereocenters. The molecule has 1 aliphatic heterocycles. The third-order valence-corrected chi connectivity index (χ3v) is 3.29. The van der Waals surface area contributed by atoms with Gasteiger partial charge in [-0.15, -0.1) is 0 Å². The summed E-state index contributed by atoms with van der Waals surface area (Å²) in [6.07, 6.45) is 6.37. The highest BCUT2D eigenvalue weighted by molar-refractivity contribution is 4.70. The van der Waals surface area contributed by atoms with Gasteiger partial charge >= 0.3 is 0 Å². The normalized spacial score (nSPS) is 18.2. The largest absolute Gasteiger partial charge is 0.381 e. The van der Waals surface area contributed by atoms with Gasteiger partial charge < -0.3 is 15.0 Å². The van der Waals surface area contributed by atoms with Crippen LogP contribution in [0.1, 0.15) is 39.0 Å². The molecule has 0 bridgehead atoms. The maximum absolute atomic E-state index is 5.34. The molecule has 16 heavy (non-hydrogen) atoms. The van der Waals surface area contributed by atoms with Gasteiger partial charge in [0, 0.05) is 32.3 Å². The van der Waals surface area contributed by atoms with Gasteiger partial charge in [-0.05, 0) is 32.9 Å². The van der Waals surface area contributed by atoms with Crippen molar-refractivity contribution in [2.24, 2.45) is 0 Å². The van der Waals surface area contributed by atoms with Gasteiger partial charge in [0.2, 0.25) is 0 Å². The van der Waals surface area contributed by atoms with E-state index in [0.29, 0.717) is 6.04 Å². The zero-order valence-electron chi connectivity index (χ0n) is 11.0. The molecule has 1 aliphatic rings. The second-order valence-corrected chi connectivity index (χ2v) is 4.85. The Morgan fingerprint density at radius 2 is 1.94 bits per heavy atom. The molecule has 1 heterocycles. The third-order valence-electron chi connectivity index (χ3n) is 3.29. The Labute approximate surface area is 101 Å². The summed E-state index contributed by atoms with van der Waals surface area (Å²) in [7, 11) is 2.22. The Bertz CT molecular complexity index is 158. The van der Waals surface area contributed by atoms with E-state index in [1.165, 1.54) is 45.2 Å². The molecule has 0 aliphatic carbocycles. The minimum Gasteiger partial charge on any atom is -0.381 e. The summed E-state index contributed by atoms with van der Waals surface area (Å²) in [6.45, 7) is 7.65. The monoisotopic (exact) mass is 228 g/mol. The molecular weight excluding hydrogens is 200 g/mol. The van der Waals surface area contributed by atoms with Crippen molar-refractivity contribution < 1.29 is 4.74 Å². The number of nitrogens with zero attached hydrogens (tertiary/aromatic N) is 1. The van der Waals surface area contributed by atoms with Gasteiger partial charge in [0.25, 0.3) is 0 Å². The highest BCUT2D eigenvalue weighted by Crippen LogP contribution is 2.05. The summed E-state index contributed by atoms with van der Waals surface area (Å²) >= 11 is 0. The molecule has 0 spiro atoms. The fraction of sp³-hybridized carbons (Fsp3) is 1.00. The topological polar surface area (TPSA) is 24.5 Å². The van der Waals surface area contributed by atoms with Crippen LogP contribution >= 0.6 is 0 Å². The summed E-state index contributed by atoms with van der Waals surface area (Å²) in [6, 6.07) is 0.692. The minimum atomic E-state index is 0.692. The molecule has 0 aromatic heterocycles. The SMILES string of the molecule is CCCCCN(C)CCNC1CCOCC1. The first kappa shape index (κ1) is 13.9. The average molecular weight is 228 g/mol. The first-order chi connectivity index (χ1) is 7.83. The molecule has 1 rings (SSSR count). The molecule has 96 valence electrons. The molecule has 1 N–H and O–H groups in total. The number of rotatable bonds is 8. The van der Waals surface area contributed by atoms with Gasteiger partial charge in [-0.25, -0.2) is 0 Å². The van der Waals surface area contributed by atoms with Crippen LogP contribution in [0.15, 0.2) is 0 Å². The summed E-state index contributed by atoms with van der Waals surface area (Å²) in [5.74, 6) is 0.